The van der Waals surface area contributed by atoms with E-state index in [1.807, 2.05) is 0 Å². The number of rotatable bonds is 4. The van der Waals surface area contributed by atoms with Gasteiger partial charge in [0.2, 0.25) is 6.79 Å². The van der Waals surface area contributed by atoms with Gasteiger partial charge in [0.15, 0.2) is 11.5 Å². The molecule has 1 heterocycles. The van der Waals surface area contributed by atoms with Crippen molar-refractivity contribution >= 4 is 5.91 Å². The van der Waals surface area contributed by atoms with E-state index in [1.165, 1.54) is 0 Å². The fourth-order valence-electron chi connectivity index (χ4n) is 1.42. The highest BCUT2D eigenvalue weighted by atomic mass is 16.7. The lowest BCUT2D eigenvalue weighted by Crippen LogP contribution is -2.29. The van der Waals surface area contributed by atoms with E-state index in [4.69, 9.17) is 9.47 Å². The molecule has 7 nitrogen and oxygen atoms in total. The summed E-state index contributed by atoms with van der Waals surface area (Å²) in [5.74, 6) is 0.657. The van der Waals surface area contributed by atoms with Gasteiger partial charge in [0, 0.05) is 11.5 Å². The molecule has 0 unspecified atom stereocenters. The van der Waals surface area contributed by atoms with E-state index >= 15 is 0 Å². The van der Waals surface area contributed by atoms with Crippen LogP contribution in [-0.4, -0.2) is 24.2 Å². The topological polar surface area (TPSA) is 90.7 Å². The fraction of sp³-hybridized carbons (Fsp3) is 0.300. The lowest BCUT2D eigenvalue weighted by atomic mass is 10.2. The molecule has 0 aromatic heterocycles. The quantitative estimate of drug-likeness (QED) is 0.602. The van der Waals surface area contributed by atoms with Crippen molar-refractivity contribution in [3.63, 3.8) is 0 Å². The molecule has 17 heavy (non-hydrogen) atoms. The molecule has 1 aliphatic rings. The van der Waals surface area contributed by atoms with E-state index < -0.39 is 17.4 Å². The van der Waals surface area contributed by atoms with Gasteiger partial charge in [0.05, 0.1) is 0 Å². The maximum Gasteiger partial charge on any atom is 0.292 e. The van der Waals surface area contributed by atoms with Gasteiger partial charge in [-0.15, -0.1) is 0 Å². The number of hydrogen-bond acceptors (Lipinski definition) is 5. The molecule has 0 saturated carbocycles. The van der Waals surface area contributed by atoms with Gasteiger partial charge in [-0.3, -0.25) is 14.9 Å². The summed E-state index contributed by atoms with van der Waals surface area (Å²) in [6.07, 6.45) is 0. The number of amides is 1. The summed E-state index contributed by atoms with van der Waals surface area (Å²) in [5.41, 5.74) is 0.797. The third-order valence-electron chi connectivity index (χ3n) is 2.20. The zero-order valence-electron chi connectivity index (χ0n) is 8.84. The van der Waals surface area contributed by atoms with Gasteiger partial charge in [0.1, 0.15) is 0 Å². The molecule has 1 aromatic carbocycles. The number of hydrogen-bond donors (Lipinski definition) is 1. The number of carbonyl (C=O) groups is 1. The molecular formula is C10H10N2O5. The van der Waals surface area contributed by atoms with Crippen molar-refractivity contribution < 1.29 is 19.2 Å². The van der Waals surface area contributed by atoms with Crippen molar-refractivity contribution in [2.24, 2.45) is 0 Å². The molecule has 1 aromatic rings. The fourth-order valence-corrected chi connectivity index (χ4v) is 1.42. The molecule has 0 aliphatic carbocycles. The van der Waals surface area contributed by atoms with Crippen molar-refractivity contribution in [1.82, 2.24) is 5.32 Å². The molecule has 7 heteroatoms. The number of benzene rings is 1. The van der Waals surface area contributed by atoms with Crippen LogP contribution in [0.15, 0.2) is 18.2 Å². The Morgan fingerprint density at radius 2 is 2.18 bits per heavy atom. The molecule has 2 rings (SSSR count). The first kappa shape index (κ1) is 11.2. The number of nitrogens with zero attached hydrogens (tertiary/aromatic N) is 1. The van der Waals surface area contributed by atoms with Gasteiger partial charge >= 0.3 is 0 Å². The molecule has 1 amide bonds. The van der Waals surface area contributed by atoms with E-state index in [0.29, 0.717) is 11.5 Å². The average molecular weight is 238 g/mol. The summed E-state index contributed by atoms with van der Waals surface area (Å²) in [5, 5.41) is 12.5. The normalized spacial score (nSPS) is 12.2. The van der Waals surface area contributed by atoms with Crippen molar-refractivity contribution in [3.8, 4) is 11.5 Å². The van der Waals surface area contributed by atoms with Crippen LogP contribution >= 0.6 is 0 Å². The zero-order valence-corrected chi connectivity index (χ0v) is 8.84. The van der Waals surface area contributed by atoms with Crippen LogP contribution in [0.2, 0.25) is 0 Å². The average Bonchev–Trinajstić information content (AvgIpc) is 2.72. The second-order valence-electron chi connectivity index (χ2n) is 3.46. The van der Waals surface area contributed by atoms with Crippen molar-refractivity contribution in [2.45, 2.75) is 6.54 Å². The number of nitrogens with one attached hydrogen (secondary N) is 1. The predicted octanol–water partition coefficient (Wildman–Crippen LogP) is 0.308. The van der Waals surface area contributed by atoms with Crippen LogP contribution in [-0.2, 0) is 11.3 Å². The minimum Gasteiger partial charge on any atom is -0.454 e. The van der Waals surface area contributed by atoms with Crippen molar-refractivity contribution in [1.29, 1.82) is 0 Å². The summed E-state index contributed by atoms with van der Waals surface area (Å²) >= 11 is 0. The van der Waals surface area contributed by atoms with Gasteiger partial charge < -0.3 is 14.8 Å². The van der Waals surface area contributed by atoms with Crippen LogP contribution in [0, 0.1) is 10.1 Å². The van der Waals surface area contributed by atoms with E-state index in [0.717, 1.165) is 5.56 Å². The molecular weight excluding hydrogens is 228 g/mol. The molecule has 90 valence electrons. The molecule has 1 aliphatic heterocycles. The van der Waals surface area contributed by atoms with Crippen LogP contribution in [0.25, 0.3) is 0 Å². The molecule has 0 fully saturated rings. The van der Waals surface area contributed by atoms with Crippen LogP contribution in [0.3, 0.4) is 0 Å². The SMILES string of the molecule is O=C(C[N+](=O)[O-])NCc1ccc2c(c1)OCO2. The Bertz CT molecular complexity index is 460. The molecule has 0 bridgehead atoms. The molecule has 0 saturated heterocycles. The number of nitro groups is 1. The Morgan fingerprint density at radius 1 is 1.41 bits per heavy atom. The van der Waals surface area contributed by atoms with Crippen LogP contribution < -0.4 is 14.8 Å². The highest BCUT2D eigenvalue weighted by Gasteiger charge is 2.14. The highest BCUT2D eigenvalue weighted by molar-refractivity contribution is 5.76. The molecule has 1 N–H and O–H groups in total. The van der Waals surface area contributed by atoms with Gasteiger partial charge in [-0.05, 0) is 17.7 Å². The monoisotopic (exact) mass is 238 g/mol. The third kappa shape index (κ3) is 2.83. The number of fused-ring (bicyclic) bond motifs is 1. The smallest absolute Gasteiger partial charge is 0.292 e. The maximum atomic E-state index is 11.1. The Labute approximate surface area is 96.5 Å². The summed E-state index contributed by atoms with van der Waals surface area (Å²) in [4.78, 5) is 20.5. The van der Waals surface area contributed by atoms with Gasteiger partial charge in [-0.2, -0.15) is 0 Å². The minimum atomic E-state index is -0.718. The maximum absolute atomic E-state index is 11.1. The largest absolute Gasteiger partial charge is 0.454 e. The minimum absolute atomic E-state index is 0.187. The Balaban J connectivity index is 1.91. The summed E-state index contributed by atoms with van der Waals surface area (Å²) in [6, 6.07) is 5.23. The lowest BCUT2D eigenvalue weighted by molar-refractivity contribution is -0.467. The Morgan fingerprint density at radius 3 is 2.94 bits per heavy atom. The summed E-state index contributed by atoms with van der Waals surface area (Å²) < 4.78 is 10.3. The molecule has 0 atom stereocenters. The standard InChI is InChI=1S/C10H10N2O5/c13-10(5-12(14)15)11-4-7-1-2-8-9(3-7)17-6-16-8/h1-3H,4-6H2,(H,11,13). The Kier molecular flexibility index (Phi) is 3.08. The van der Waals surface area contributed by atoms with Crippen molar-refractivity contribution in [3.05, 3.63) is 33.9 Å². The predicted molar refractivity (Wildman–Crippen MR) is 56.3 cm³/mol. The van der Waals surface area contributed by atoms with E-state index in [9.17, 15) is 14.9 Å². The molecule has 0 radical (unpaired) electrons. The third-order valence-corrected chi connectivity index (χ3v) is 2.20. The van der Waals surface area contributed by atoms with Crippen molar-refractivity contribution in [2.75, 3.05) is 13.3 Å². The highest BCUT2D eigenvalue weighted by Crippen LogP contribution is 2.32. The second-order valence-corrected chi connectivity index (χ2v) is 3.46. The lowest BCUT2D eigenvalue weighted by Gasteiger charge is -2.03. The number of ether oxygens (including phenoxy) is 2. The van der Waals surface area contributed by atoms with E-state index in [1.54, 1.807) is 18.2 Å². The van der Waals surface area contributed by atoms with Gasteiger partial charge in [0.25, 0.3) is 12.5 Å². The second kappa shape index (κ2) is 4.69. The van der Waals surface area contributed by atoms with Crippen LogP contribution in [0.5, 0.6) is 11.5 Å². The summed E-state index contributed by atoms with van der Waals surface area (Å²) in [6.45, 7) is -0.305. The van der Waals surface area contributed by atoms with Gasteiger partial charge in [-0.25, -0.2) is 0 Å². The number of carbonyl (C=O) groups excluding carboxylic acids is 1. The first-order valence-corrected chi connectivity index (χ1v) is 4.92. The van der Waals surface area contributed by atoms with E-state index in [-0.39, 0.29) is 13.3 Å². The van der Waals surface area contributed by atoms with Crippen LogP contribution in [0.1, 0.15) is 5.56 Å². The Hall–Kier alpha value is -2.31. The van der Waals surface area contributed by atoms with Crippen LogP contribution in [0.4, 0.5) is 0 Å². The van der Waals surface area contributed by atoms with E-state index in [2.05, 4.69) is 5.32 Å². The first-order chi connectivity index (χ1) is 8.15. The summed E-state index contributed by atoms with van der Waals surface area (Å²) in [7, 11) is 0. The van der Waals surface area contributed by atoms with Gasteiger partial charge in [-0.1, -0.05) is 6.07 Å². The zero-order chi connectivity index (χ0) is 12.3. The first-order valence-electron chi connectivity index (χ1n) is 4.92. The molecule has 0 spiro atoms.